The fourth-order valence-corrected chi connectivity index (χ4v) is 0.705. The van der Waals surface area contributed by atoms with Crippen molar-refractivity contribution in [3.63, 3.8) is 0 Å². The molecule has 0 saturated carbocycles. The number of hydrogen-bond acceptors (Lipinski definition) is 3. The number of rotatable bonds is 2. The highest BCUT2D eigenvalue weighted by Gasteiger charge is 1.98. The Balaban J connectivity index is 2.67. The number of aryl methyl sites for hydroxylation is 1. The van der Waals surface area contributed by atoms with E-state index in [0.29, 0.717) is 18.0 Å². The van der Waals surface area contributed by atoms with Crippen LogP contribution in [0.25, 0.3) is 0 Å². The number of nitrogens with one attached hydrogen (secondary N) is 2. The zero-order valence-corrected chi connectivity index (χ0v) is 6.10. The van der Waals surface area contributed by atoms with Crippen molar-refractivity contribution in [2.75, 3.05) is 0 Å². The average molecular weight is 138 g/mol. The van der Waals surface area contributed by atoms with Crippen LogP contribution in [-0.4, -0.2) is 20.9 Å². The van der Waals surface area contributed by atoms with Crippen molar-refractivity contribution in [1.82, 2.24) is 15.2 Å². The van der Waals surface area contributed by atoms with Gasteiger partial charge in [0.25, 0.3) is 0 Å². The van der Waals surface area contributed by atoms with Crippen LogP contribution in [0.15, 0.2) is 0 Å². The third-order valence-electron chi connectivity index (χ3n) is 1.07. The predicted molar refractivity (Wildman–Crippen MR) is 38.2 cm³/mol. The van der Waals surface area contributed by atoms with Crippen LogP contribution in [-0.2, 0) is 6.42 Å². The van der Waals surface area contributed by atoms with E-state index in [-0.39, 0.29) is 0 Å². The minimum absolute atomic E-state index is 0.546. The first-order valence-electron chi connectivity index (χ1n) is 3.10. The normalized spacial score (nSPS) is 9.80. The second kappa shape index (κ2) is 2.60. The molecule has 0 atom stereocenters. The van der Waals surface area contributed by atoms with E-state index in [4.69, 9.17) is 5.41 Å². The molecule has 2 N–H and O–H groups in total. The van der Waals surface area contributed by atoms with E-state index in [2.05, 4.69) is 15.2 Å². The SMILES string of the molecule is CC(=N)Cc1n[nH]c(C)n1. The van der Waals surface area contributed by atoms with Gasteiger partial charge in [0.1, 0.15) is 5.82 Å². The Morgan fingerprint density at radius 1 is 1.70 bits per heavy atom. The summed E-state index contributed by atoms with van der Waals surface area (Å²) in [6.07, 6.45) is 0.546. The van der Waals surface area contributed by atoms with Crippen LogP contribution < -0.4 is 0 Å². The molecule has 10 heavy (non-hydrogen) atoms. The van der Waals surface area contributed by atoms with Crippen molar-refractivity contribution < 1.29 is 0 Å². The zero-order valence-electron chi connectivity index (χ0n) is 6.10. The van der Waals surface area contributed by atoms with E-state index >= 15 is 0 Å². The number of hydrogen-bond donors (Lipinski definition) is 2. The largest absolute Gasteiger partial charge is 0.310 e. The highest BCUT2D eigenvalue weighted by atomic mass is 15.2. The summed E-state index contributed by atoms with van der Waals surface area (Å²) in [5.41, 5.74) is 0.582. The van der Waals surface area contributed by atoms with Crippen molar-refractivity contribution in [2.45, 2.75) is 20.3 Å². The summed E-state index contributed by atoms with van der Waals surface area (Å²) in [5.74, 6) is 1.50. The van der Waals surface area contributed by atoms with Gasteiger partial charge >= 0.3 is 0 Å². The van der Waals surface area contributed by atoms with Gasteiger partial charge in [0.15, 0.2) is 5.82 Å². The van der Waals surface area contributed by atoms with Gasteiger partial charge in [-0.25, -0.2) is 4.98 Å². The second-order valence-electron chi connectivity index (χ2n) is 2.29. The molecular weight excluding hydrogens is 128 g/mol. The summed E-state index contributed by atoms with van der Waals surface area (Å²) in [4.78, 5) is 4.04. The van der Waals surface area contributed by atoms with Crippen LogP contribution in [0, 0.1) is 12.3 Å². The van der Waals surface area contributed by atoms with Crippen molar-refractivity contribution in [3.8, 4) is 0 Å². The van der Waals surface area contributed by atoms with Gasteiger partial charge in [-0.2, -0.15) is 5.10 Å². The van der Waals surface area contributed by atoms with Crippen LogP contribution in [0.1, 0.15) is 18.6 Å². The molecule has 54 valence electrons. The second-order valence-corrected chi connectivity index (χ2v) is 2.29. The zero-order chi connectivity index (χ0) is 7.56. The molecule has 0 saturated heterocycles. The lowest BCUT2D eigenvalue weighted by molar-refractivity contribution is 0.993. The van der Waals surface area contributed by atoms with Gasteiger partial charge in [0.05, 0.1) is 0 Å². The summed E-state index contributed by atoms with van der Waals surface area (Å²) in [6, 6.07) is 0. The smallest absolute Gasteiger partial charge is 0.156 e. The van der Waals surface area contributed by atoms with Crippen molar-refractivity contribution in [2.24, 2.45) is 0 Å². The molecule has 4 heteroatoms. The van der Waals surface area contributed by atoms with Gasteiger partial charge in [-0.15, -0.1) is 0 Å². The Labute approximate surface area is 59.2 Å². The van der Waals surface area contributed by atoms with Gasteiger partial charge in [-0.1, -0.05) is 0 Å². The molecule has 1 rings (SSSR count). The Bertz CT molecular complexity index is 238. The molecule has 0 spiro atoms. The van der Waals surface area contributed by atoms with Crippen LogP contribution in [0.3, 0.4) is 0 Å². The molecule has 0 aliphatic carbocycles. The maximum Gasteiger partial charge on any atom is 0.156 e. The average Bonchev–Trinajstić information content (AvgIpc) is 2.13. The van der Waals surface area contributed by atoms with Crippen molar-refractivity contribution in [3.05, 3.63) is 11.6 Å². The van der Waals surface area contributed by atoms with Crippen LogP contribution in [0.2, 0.25) is 0 Å². The van der Waals surface area contributed by atoms with Crippen LogP contribution >= 0.6 is 0 Å². The first-order valence-corrected chi connectivity index (χ1v) is 3.10. The molecule has 4 nitrogen and oxygen atoms in total. The van der Waals surface area contributed by atoms with Gasteiger partial charge in [0.2, 0.25) is 0 Å². The van der Waals surface area contributed by atoms with E-state index in [0.717, 1.165) is 5.82 Å². The van der Waals surface area contributed by atoms with Gasteiger partial charge in [-0.05, 0) is 13.8 Å². The van der Waals surface area contributed by atoms with Crippen LogP contribution in [0.4, 0.5) is 0 Å². The first-order chi connectivity index (χ1) is 4.68. The minimum atomic E-state index is 0.546. The standard InChI is InChI=1S/C6H10N4/c1-4(7)3-6-8-5(2)9-10-6/h7H,3H2,1-2H3,(H,8,9,10). The monoisotopic (exact) mass is 138 g/mol. The summed E-state index contributed by atoms with van der Waals surface area (Å²) in [5, 5.41) is 13.7. The van der Waals surface area contributed by atoms with E-state index in [1.165, 1.54) is 0 Å². The van der Waals surface area contributed by atoms with E-state index in [1.54, 1.807) is 6.92 Å². The van der Waals surface area contributed by atoms with Gasteiger partial charge < -0.3 is 5.41 Å². The molecule has 0 aromatic carbocycles. The predicted octanol–water partition coefficient (Wildman–Crippen LogP) is 0.695. The number of H-pyrrole nitrogens is 1. The third kappa shape index (κ3) is 1.65. The molecule has 0 aliphatic rings. The number of aromatic nitrogens is 3. The van der Waals surface area contributed by atoms with E-state index < -0.39 is 0 Å². The molecular formula is C6H10N4. The molecule has 1 aromatic heterocycles. The molecule has 1 aromatic rings. The highest BCUT2D eigenvalue weighted by Crippen LogP contribution is 1.91. The third-order valence-corrected chi connectivity index (χ3v) is 1.07. The lowest BCUT2D eigenvalue weighted by Crippen LogP contribution is -1.97. The molecule has 0 unspecified atom stereocenters. The van der Waals surface area contributed by atoms with Gasteiger partial charge in [-0.3, -0.25) is 5.10 Å². The topological polar surface area (TPSA) is 65.4 Å². The molecule has 0 aliphatic heterocycles. The molecule has 1 heterocycles. The summed E-state index contributed by atoms with van der Waals surface area (Å²) < 4.78 is 0. The summed E-state index contributed by atoms with van der Waals surface area (Å²) in [7, 11) is 0. The lowest BCUT2D eigenvalue weighted by atomic mass is 10.3. The molecule has 0 fully saturated rings. The van der Waals surface area contributed by atoms with Crippen LogP contribution in [0.5, 0.6) is 0 Å². The van der Waals surface area contributed by atoms with Crippen molar-refractivity contribution in [1.29, 1.82) is 5.41 Å². The minimum Gasteiger partial charge on any atom is -0.310 e. The van der Waals surface area contributed by atoms with E-state index in [9.17, 15) is 0 Å². The quantitative estimate of drug-likeness (QED) is 0.590. The number of nitrogens with zero attached hydrogens (tertiary/aromatic N) is 2. The summed E-state index contributed by atoms with van der Waals surface area (Å²) >= 11 is 0. The Hall–Kier alpha value is -1.19. The number of aromatic amines is 1. The van der Waals surface area contributed by atoms with Gasteiger partial charge in [0, 0.05) is 12.1 Å². The Morgan fingerprint density at radius 3 is 2.80 bits per heavy atom. The fourth-order valence-electron chi connectivity index (χ4n) is 0.705. The first kappa shape index (κ1) is 6.92. The Morgan fingerprint density at radius 2 is 2.40 bits per heavy atom. The molecule has 0 radical (unpaired) electrons. The molecule has 0 amide bonds. The van der Waals surface area contributed by atoms with E-state index in [1.807, 2.05) is 6.92 Å². The highest BCUT2D eigenvalue weighted by molar-refractivity contribution is 5.80. The maximum atomic E-state index is 7.15. The van der Waals surface area contributed by atoms with Crippen molar-refractivity contribution >= 4 is 5.71 Å². The molecule has 0 bridgehead atoms. The fraction of sp³-hybridized carbons (Fsp3) is 0.500. The lowest BCUT2D eigenvalue weighted by Gasteiger charge is -1.87. The Kier molecular flexibility index (Phi) is 1.80. The maximum absolute atomic E-state index is 7.15. The summed E-state index contributed by atoms with van der Waals surface area (Å²) in [6.45, 7) is 3.58.